The summed E-state index contributed by atoms with van der Waals surface area (Å²) < 4.78 is 0. The fourth-order valence-corrected chi connectivity index (χ4v) is 2.92. The molecule has 1 N–H and O–H groups in total. The van der Waals surface area contributed by atoms with E-state index in [4.69, 9.17) is 0 Å². The first-order valence-corrected chi connectivity index (χ1v) is 7.04. The Bertz CT molecular complexity index is 445. The number of nitrogens with zero attached hydrogens (tertiary/aromatic N) is 2. The number of benzene rings is 1. The molecule has 5 nitrogen and oxygen atoms in total. The van der Waals surface area contributed by atoms with Gasteiger partial charge in [-0.25, -0.2) is 0 Å². The van der Waals surface area contributed by atoms with Crippen LogP contribution in [-0.4, -0.2) is 34.6 Å². The standard InChI is InChI=1S/C12H16N2O3S/c1-9(15)10-2-3-11(12(8-10)14(16)17)13-4-6-18-7-5-13/h2-3,8-9,15H,4-7H2,1H3/t9-/m1/s1. The minimum absolute atomic E-state index is 0.0836. The van der Waals surface area contributed by atoms with Gasteiger partial charge >= 0.3 is 0 Å². The summed E-state index contributed by atoms with van der Waals surface area (Å²) in [7, 11) is 0. The molecular weight excluding hydrogens is 252 g/mol. The summed E-state index contributed by atoms with van der Waals surface area (Å²) in [4.78, 5) is 12.8. The van der Waals surface area contributed by atoms with Gasteiger partial charge in [0.05, 0.1) is 11.0 Å². The van der Waals surface area contributed by atoms with E-state index in [1.54, 1.807) is 19.1 Å². The van der Waals surface area contributed by atoms with Gasteiger partial charge in [0.15, 0.2) is 0 Å². The SMILES string of the molecule is C[C@@H](O)c1ccc(N2CCSCC2)c([N+](=O)[O-])c1. The lowest BCUT2D eigenvalue weighted by atomic mass is 10.1. The van der Waals surface area contributed by atoms with Crippen LogP contribution in [0.1, 0.15) is 18.6 Å². The molecule has 2 rings (SSSR count). The maximum Gasteiger partial charge on any atom is 0.292 e. The largest absolute Gasteiger partial charge is 0.389 e. The lowest BCUT2D eigenvalue weighted by molar-refractivity contribution is -0.384. The van der Waals surface area contributed by atoms with E-state index in [1.165, 1.54) is 6.07 Å². The van der Waals surface area contributed by atoms with Crippen LogP contribution in [0.25, 0.3) is 0 Å². The molecule has 0 saturated carbocycles. The summed E-state index contributed by atoms with van der Waals surface area (Å²) in [6, 6.07) is 4.98. The lowest BCUT2D eigenvalue weighted by Crippen LogP contribution is -2.32. The predicted molar refractivity (Wildman–Crippen MR) is 73.3 cm³/mol. The van der Waals surface area contributed by atoms with Crippen molar-refractivity contribution in [2.24, 2.45) is 0 Å². The number of nitro benzene ring substituents is 1. The summed E-state index contributed by atoms with van der Waals surface area (Å²) >= 11 is 1.86. The van der Waals surface area contributed by atoms with Crippen molar-refractivity contribution in [1.29, 1.82) is 0 Å². The van der Waals surface area contributed by atoms with E-state index in [0.717, 1.165) is 24.6 Å². The van der Waals surface area contributed by atoms with Crippen molar-refractivity contribution in [3.05, 3.63) is 33.9 Å². The Balaban J connectivity index is 2.36. The van der Waals surface area contributed by atoms with Crippen LogP contribution in [0.5, 0.6) is 0 Å². The van der Waals surface area contributed by atoms with Gasteiger partial charge in [-0.05, 0) is 18.6 Å². The topological polar surface area (TPSA) is 66.6 Å². The molecule has 0 amide bonds. The number of hydrogen-bond acceptors (Lipinski definition) is 5. The van der Waals surface area contributed by atoms with E-state index >= 15 is 0 Å². The summed E-state index contributed by atoms with van der Waals surface area (Å²) in [6.45, 7) is 3.27. The van der Waals surface area contributed by atoms with E-state index in [0.29, 0.717) is 11.3 Å². The van der Waals surface area contributed by atoms with Gasteiger partial charge in [-0.3, -0.25) is 10.1 Å². The van der Waals surface area contributed by atoms with Crippen molar-refractivity contribution in [1.82, 2.24) is 0 Å². The number of anilines is 1. The Labute approximate surface area is 110 Å². The van der Waals surface area contributed by atoms with Crippen LogP contribution in [0.3, 0.4) is 0 Å². The molecule has 18 heavy (non-hydrogen) atoms. The molecule has 0 bridgehead atoms. The zero-order valence-electron chi connectivity index (χ0n) is 10.2. The molecule has 1 aromatic carbocycles. The van der Waals surface area contributed by atoms with Crippen molar-refractivity contribution in [3.8, 4) is 0 Å². The van der Waals surface area contributed by atoms with E-state index in [-0.39, 0.29) is 10.6 Å². The molecular formula is C12H16N2O3S. The molecule has 0 aliphatic carbocycles. The van der Waals surface area contributed by atoms with Gasteiger partial charge in [-0.2, -0.15) is 11.8 Å². The highest BCUT2D eigenvalue weighted by atomic mass is 32.2. The van der Waals surface area contributed by atoms with Crippen molar-refractivity contribution < 1.29 is 10.0 Å². The number of nitro groups is 1. The normalized spacial score (nSPS) is 17.6. The molecule has 1 fully saturated rings. The van der Waals surface area contributed by atoms with Crippen LogP contribution >= 0.6 is 11.8 Å². The van der Waals surface area contributed by atoms with Gasteiger partial charge in [0.1, 0.15) is 5.69 Å². The van der Waals surface area contributed by atoms with Gasteiger partial charge in [-0.15, -0.1) is 0 Å². The number of aliphatic hydroxyl groups is 1. The molecule has 1 heterocycles. The summed E-state index contributed by atoms with van der Waals surface area (Å²) in [5, 5.41) is 20.6. The molecule has 98 valence electrons. The first-order chi connectivity index (χ1) is 8.59. The smallest absolute Gasteiger partial charge is 0.292 e. The van der Waals surface area contributed by atoms with Crippen LogP contribution in [0.4, 0.5) is 11.4 Å². The Morgan fingerprint density at radius 1 is 1.44 bits per heavy atom. The van der Waals surface area contributed by atoms with E-state index in [2.05, 4.69) is 0 Å². The van der Waals surface area contributed by atoms with Crippen molar-refractivity contribution in [2.75, 3.05) is 29.5 Å². The van der Waals surface area contributed by atoms with Gasteiger partial charge in [0, 0.05) is 30.7 Å². The number of aliphatic hydroxyl groups excluding tert-OH is 1. The first-order valence-electron chi connectivity index (χ1n) is 5.88. The summed E-state index contributed by atoms with van der Waals surface area (Å²) in [5.41, 5.74) is 1.32. The molecule has 0 radical (unpaired) electrons. The van der Waals surface area contributed by atoms with Crippen LogP contribution in [0.15, 0.2) is 18.2 Å². The quantitative estimate of drug-likeness (QED) is 0.672. The average Bonchev–Trinajstić information content (AvgIpc) is 2.39. The van der Waals surface area contributed by atoms with Gasteiger partial charge in [0.25, 0.3) is 5.69 Å². The van der Waals surface area contributed by atoms with Crippen molar-refractivity contribution >= 4 is 23.1 Å². The molecule has 1 saturated heterocycles. The van der Waals surface area contributed by atoms with Gasteiger partial charge in [-0.1, -0.05) is 6.07 Å². The molecule has 1 aliphatic rings. The van der Waals surface area contributed by atoms with E-state index in [1.807, 2.05) is 16.7 Å². The highest BCUT2D eigenvalue weighted by molar-refractivity contribution is 7.99. The average molecular weight is 268 g/mol. The third-order valence-corrected chi connectivity index (χ3v) is 3.97. The monoisotopic (exact) mass is 268 g/mol. The Kier molecular flexibility index (Phi) is 4.08. The first kappa shape index (κ1) is 13.2. The second-order valence-electron chi connectivity index (χ2n) is 4.28. The Morgan fingerprint density at radius 3 is 2.67 bits per heavy atom. The number of thioether (sulfide) groups is 1. The van der Waals surface area contributed by atoms with Crippen molar-refractivity contribution in [3.63, 3.8) is 0 Å². The fourth-order valence-electron chi connectivity index (χ4n) is 2.02. The number of rotatable bonds is 3. The third-order valence-electron chi connectivity index (χ3n) is 3.03. The maximum atomic E-state index is 11.1. The molecule has 0 aromatic heterocycles. The summed E-state index contributed by atoms with van der Waals surface area (Å²) in [5.74, 6) is 1.99. The Hall–Kier alpha value is -1.27. The van der Waals surface area contributed by atoms with Gasteiger partial charge < -0.3 is 10.0 Å². The minimum atomic E-state index is -0.685. The van der Waals surface area contributed by atoms with Gasteiger partial charge in [0.2, 0.25) is 0 Å². The second kappa shape index (κ2) is 5.58. The summed E-state index contributed by atoms with van der Waals surface area (Å²) in [6.07, 6.45) is -0.685. The second-order valence-corrected chi connectivity index (χ2v) is 5.51. The Morgan fingerprint density at radius 2 is 2.11 bits per heavy atom. The molecule has 1 aliphatic heterocycles. The van der Waals surface area contributed by atoms with E-state index in [9.17, 15) is 15.2 Å². The molecule has 0 spiro atoms. The zero-order chi connectivity index (χ0) is 13.1. The molecule has 0 unspecified atom stereocenters. The predicted octanol–water partition coefficient (Wildman–Crippen LogP) is 2.20. The van der Waals surface area contributed by atoms with Crippen LogP contribution in [0, 0.1) is 10.1 Å². The third kappa shape index (κ3) is 2.76. The maximum absolute atomic E-state index is 11.1. The van der Waals surface area contributed by atoms with E-state index < -0.39 is 6.10 Å². The van der Waals surface area contributed by atoms with Crippen LogP contribution in [-0.2, 0) is 0 Å². The highest BCUT2D eigenvalue weighted by Gasteiger charge is 2.22. The molecule has 6 heteroatoms. The van der Waals surface area contributed by atoms with Crippen LogP contribution < -0.4 is 4.90 Å². The number of hydrogen-bond donors (Lipinski definition) is 1. The lowest BCUT2D eigenvalue weighted by Gasteiger charge is -2.28. The molecule has 1 atom stereocenters. The zero-order valence-corrected chi connectivity index (χ0v) is 11.0. The van der Waals surface area contributed by atoms with Crippen molar-refractivity contribution in [2.45, 2.75) is 13.0 Å². The van der Waals surface area contributed by atoms with Crippen LogP contribution in [0.2, 0.25) is 0 Å². The minimum Gasteiger partial charge on any atom is -0.389 e. The molecule has 1 aromatic rings. The highest BCUT2D eigenvalue weighted by Crippen LogP contribution is 2.32. The fraction of sp³-hybridized carbons (Fsp3) is 0.500.